The molecule has 0 saturated carbocycles. The third-order valence-electron chi connectivity index (χ3n) is 3.90. The summed E-state index contributed by atoms with van der Waals surface area (Å²) in [7, 11) is -1.58. The minimum absolute atomic E-state index is 0.148. The average Bonchev–Trinajstić information content (AvgIpc) is 2.61. The van der Waals surface area contributed by atoms with Gasteiger partial charge in [-0.25, -0.2) is 0 Å². The molecule has 0 fully saturated rings. The number of allylic oxidation sites excluding steroid dienone is 1. The van der Waals surface area contributed by atoms with Crippen LogP contribution in [0.4, 0.5) is 0 Å². The molecule has 1 heteroatoms. The van der Waals surface area contributed by atoms with Gasteiger partial charge in [0.1, 0.15) is 0 Å². The number of rotatable bonds is 5. The van der Waals surface area contributed by atoms with Crippen molar-refractivity contribution in [3.63, 3.8) is 0 Å². The van der Waals surface area contributed by atoms with Crippen molar-refractivity contribution in [2.24, 2.45) is 0 Å². The van der Waals surface area contributed by atoms with Crippen LogP contribution in [0.1, 0.15) is 44.2 Å². The summed E-state index contributed by atoms with van der Waals surface area (Å²) in [4.78, 5) is 0. The summed E-state index contributed by atoms with van der Waals surface area (Å²) in [5.74, 6) is 6.51. The monoisotopic (exact) mass is 345 g/mol. The van der Waals surface area contributed by atoms with E-state index < -0.39 is 8.07 Å². The van der Waals surface area contributed by atoms with Crippen molar-refractivity contribution in [3.05, 3.63) is 82.2 Å². The van der Waals surface area contributed by atoms with E-state index in [0.29, 0.717) is 0 Å². The molecule has 25 heavy (non-hydrogen) atoms. The van der Waals surface area contributed by atoms with Crippen molar-refractivity contribution in [2.75, 3.05) is 0 Å². The van der Waals surface area contributed by atoms with Gasteiger partial charge in [0.05, 0.1) is 8.07 Å². The van der Waals surface area contributed by atoms with Gasteiger partial charge in [0.15, 0.2) is 0 Å². The highest BCUT2D eigenvalue weighted by Gasteiger charge is 2.18. The SMILES string of the molecule is [2H]C(CCC)C(=C=Cc1ccccc1C#Cc1ccccc1)[Si](C)(C)C. The molecule has 0 bridgehead atoms. The highest BCUT2D eigenvalue weighted by Crippen LogP contribution is 2.20. The van der Waals surface area contributed by atoms with Gasteiger partial charge in [-0.15, -0.1) is 5.73 Å². The van der Waals surface area contributed by atoms with Crippen LogP contribution in [-0.4, -0.2) is 8.07 Å². The van der Waals surface area contributed by atoms with Crippen molar-refractivity contribution < 1.29 is 1.37 Å². The maximum atomic E-state index is 8.48. The zero-order valence-corrected chi connectivity index (χ0v) is 16.8. The second-order valence-corrected chi connectivity index (χ2v) is 12.2. The fourth-order valence-electron chi connectivity index (χ4n) is 2.42. The summed E-state index contributed by atoms with van der Waals surface area (Å²) in [5.41, 5.74) is 6.57. The zero-order valence-electron chi connectivity index (χ0n) is 16.8. The molecule has 0 nitrogen and oxygen atoms in total. The highest BCUT2D eigenvalue weighted by molar-refractivity contribution is 6.83. The molecule has 1 unspecified atom stereocenters. The van der Waals surface area contributed by atoms with Crippen LogP contribution in [0.3, 0.4) is 0 Å². The lowest BCUT2D eigenvalue weighted by atomic mass is 10.1. The molecule has 0 radical (unpaired) electrons. The van der Waals surface area contributed by atoms with Crippen LogP contribution >= 0.6 is 0 Å². The highest BCUT2D eigenvalue weighted by atomic mass is 28.3. The van der Waals surface area contributed by atoms with E-state index in [1.807, 2.05) is 54.6 Å². The van der Waals surface area contributed by atoms with E-state index in [4.69, 9.17) is 1.37 Å². The molecule has 0 aliphatic rings. The molecule has 0 aliphatic heterocycles. The molecule has 2 aromatic carbocycles. The van der Waals surface area contributed by atoms with Gasteiger partial charge >= 0.3 is 0 Å². The first-order valence-corrected chi connectivity index (χ1v) is 12.5. The molecule has 0 aromatic heterocycles. The van der Waals surface area contributed by atoms with Crippen molar-refractivity contribution in [1.29, 1.82) is 0 Å². The Bertz CT molecular complexity index is 841. The fourth-order valence-corrected chi connectivity index (χ4v) is 3.69. The summed E-state index contributed by atoms with van der Waals surface area (Å²) >= 11 is 0. The van der Waals surface area contributed by atoms with Gasteiger partial charge < -0.3 is 0 Å². The van der Waals surface area contributed by atoms with Gasteiger partial charge in [-0.05, 0) is 47.9 Å². The maximum Gasteiger partial charge on any atom is 0.0823 e. The van der Waals surface area contributed by atoms with Crippen LogP contribution in [0.25, 0.3) is 6.08 Å². The summed E-state index contributed by atoms with van der Waals surface area (Å²) < 4.78 is 8.48. The van der Waals surface area contributed by atoms with Crippen LogP contribution in [0.5, 0.6) is 0 Å². The Morgan fingerprint density at radius 3 is 2.36 bits per heavy atom. The molecule has 0 N–H and O–H groups in total. The first kappa shape index (κ1) is 17.6. The number of hydrogen-bond acceptors (Lipinski definition) is 0. The van der Waals surface area contributed by atoms with E-state index in [2.05, 4.69) is 50.2 Å². The average molecular weight is 346 g/mol. The summed E-state index contributed by atoms with van der Waals surface area (Å²) in [6, 6.07) is 18.2. The Morgan fingerprint density at radius 2 is 1.68 bits per heavy atom. The largest absolute Gasteiger partial charge is 0.125 e. The molecule has 2 aromatic rings. The van der Waals surface area contributed by atoms with Gasteiger partial charge in [0.2, 0.25) is 0 Å². The molecule has 0 aliphatic carbocycles. The standard InChI is InChI=1S/C24H28Si/c1-5-6-16-24(25(2,3)4)20-19-23-15-11-10-14-22(23)18-17-21-12-8-7-9-13-21/h7-15,19H,5-6,16H2,1-4H3/i16D. The molecule has 0 heterocycles. The topological polar surface area (TPSA) is 0 Å². The van der Waals surface area contributed by atoms with E-state index in [1.54, 1.807) is 0 Å². The molecule has 0 spiro atoms. The molecule has 128 valence electrons. The predicted octanol–water partition coefficient (Wildman–Crippen LogP) is 6.69. The Balaban J connectivity index is 2.42. The summed E-state index contributed by atoms with van der Waals surface area (Å²) in [6.45, 7) is 9.02. The molecule has 2 rings (SSSR count). The van der Waals surface area contributed by atoms with Crippen molar-refractivity contribution in [2.45, 2.75) is 45.8 Å². The number of hydrogen-bond donors (Lipinski definition) is 0. The minimum atomic E-state index is -1.58. The smallest absolute Gasteiger partial charge is 0.0823 e. The Morgan fingerprint density at radius 1 is 1.00 bits per heavy atom. The second-order valence-electron chi connectivity index (χ2n) is 7.15. The van der Waals surface area contributed by atoms with E-state index >= 15 is 0 Å². The van der Waals surface area contributed by atoms with Gasteiger partial charge in [0, 0.05) is 12.5 Å². The van der Waals surface area contributed by atoms with Crippen molar-refractivity contribution in [3.8, 4) is 11.8 Å². The zero-order chi connectivity index (χ0) is 19.0. The van der Waals surface area contributed by atoms with Crippen molar-refractivity contribution >= 4 is 14.1 Å². The van der Waals surface area contributed by atoms with Gasteiger partial charge in [-0.1, -0.05) is 81.2 Å². The van der Waals surface area contributed by atoms with Gasteiger partial charge in [-0.2, -0.15) is 0 Å². The van der Waals surface area contributed by atoms with Gasteiger partial charge in [-0.3, -0.25) is 0 Å². The normalized spacial score (nSPS) is 12.2. The van der Waals surface area contributed by atoms with Crippen molar-refractivity contribution in [1.82, 2.24) is 0 Å². The van der Waals surface area contributed by atoms with Crippen LogP contribution in [0, 0.1) is 11.8 Å². The Kier molecular flexibility index (Phi) is 6.52. The molecule has 0 saturated heterocycles. The fraction of sp³-hybridized carbons (Fsp3) is 0.292. The second kappa shape index (κ2) is 9.28. The first-order valence-electron chi connectivity index (χ1n) is 9.55. The molecular weight excluding hydrogens is 316 g/mol. The third kappa shape index (κ3) is 6.27. The van der Waals surface area contributed by atoms with Crippen LogP contribution in [0.15, 0.2) is 65.5 Å². The molecule has 1 atom stereocenters. The summed E-state index contributed by atoms with van der Waals surface area (Å²) in [6.07, 6.45) is 3.81. The van der Waals surface area contributed by atoms with Crippen LogP contribution < -0.4 is 0 Å². The minimum Gasteiger partial charge on any atom is -0.125 e. The summed E-state index contributed by atoms with van der Waals surface area (Å²) in [5, 5.41) is 1.19. The lowest BCUT2D eigenvalue weighted by Gasteiger charge is -2.18. The van der Waals surface area contributed by atoms with E-state index in [0.717, 1.165) is 29.5 Å². The van der Waals surface area contributed by atoms with E-state index in [-0.39, 0.29) is 6.40 Å². The van der Waals surface area contributed by atoms with Gasteiger partial charge in [0.25, 0.3) is 0 Å². The van der Waals surface area contributed by atoms with E-state index in [1.165, 1.54) is 5.20 Å². The molecule has 0 amide bonds. The first-order chi connectivity index (χ1) is 12.4. The predicted molar refractivity (Wildman–Crippen MR) is 113 cm³/mol. The third-order valence-corrected chi connectivity index (χ3v) is 5.87. The van der Waals surface area contributed by atoms with Crippen LogP contribution in [-0.2, 0) is 0 Å². The Hall–Kier alpha value is -2.26. The molecular formula is C24H28Si. The Labute approximate surface area is 155 Å². The van der Waals surface area contributed by atoms with E-state index in [9.17, 15) is 0 Å². The maximum absolute atomic E-state index is 8.48. The van der Waals surface area contributed by atoms with Crippen LogP contribution in [0.2, 0.25) is 19.6 Å². The quantitative estimate of drug-likeness (QED) is 0.321. The number of benzene rings is 2. The lowest BCUT2D eigenvalue weighted by Crippen LogP contribution is -2.23. The lowest BCUT2D eigenvalue weighted by molar-refractivity contribution is 0.804.